The molecule has 0 aliphatic heterocycles. The van der Waals surface area contributed by atoms with Crippen molar-refractivity contribution in [3.63, 3.8) is 0 Å². The van der Waals surface area contributed by atoms with Crippen LogP contribution in [0.3, 0.4) is 0 Å². The molecular formula is C7H13Cl2N3O2. The van der Waals surface area contributed by atoms with Crippen LogP contribution >= 0.6 is 24.8 Å². The van der Waals surface area contributed by atoms with Gasteiger partial charge in [0.05, 0.1) is 0 Å². The summed E-state index contributed by atoms with van der Waals surface area (Å²) in [5, 5.41) is 8.49. The number of carbonyl (C=O) groups is 1. The quantitative estimate of drug-likeness (QED) is 0.720. The molecule has 1 unspecified atom stereocenters. The Morgan fingerprint density at radius 2 is 2.29 bits per heavy atom. The minimum Gasteiger partial charge on any atom is -0.480 e. The number of aromatic amines is 1. The lowest BCUT2D eigenvalue weighted by molar-refractivity contribution is -0.138. The Labute approximate surface area is 93.9 Å². The molecule has 0 radical (unpaired) electrons. The summed E-state index contributed by atoms with van der Waals surface area (Å²) in [5.41, 5.74) is 6.06. The molecule has 5 nitrogen and oxygen atoms in total. The van der Waals surface area contributed by atoms with E-state index in [2.05, 4.69) is 9.97 Å². The van der Waals surface area contributed by atoms with E-state index >= 15 is 0 Å². The molecular weight excluding hydrogens is 229 g/mol. The van der Waals surface area contributed by atoms with Crippen molar-refractivity contribution in [3.8, 4) is 0 Å². The van der Waals surface area contributed by atoms with E-state index in [9.17, 15) is 4.79 Å². The number of hydrogen-bond donors (Lipinski definition) is 3. The Hall–Kier alpha value is -0.780. The SMILES string of the molecule is Cc1ncc(CC(N)C(=O)O)[nH]1.Cl.Cl. The molecule has 82 valence electrons. The van der Waals surface area contributed by atoms with E-state index in [0.29, 0.717) is 0 Å². The molecule has 1 atom stereocenters. The van der Waals surface area contributed by atoms with E-state index in [1.54, 1.807) is 13.1 Å². The van der Waals surface area contributed by atoms with Crippen molar-refractivity contribution in [1.29, 1.82) is 0 Å². The molecule has 1 heterocycles. The van der Waals surface area contributed by atoms with E-state index in [1.165, 1.54) is 0 Å². The summed E-state index contributed by atoms with van der Waals surface area (Å²) in [7, 11) is 0. The number of aryl methyl sites for hydroxylation is 1. The molecule has 7 heteroatoms. The molecule has 1 aromatic heterocycles. The Bertz CT molecular complexity index is 290. The van der Waals surface area contributed by atoms with Crippen molar-refractivity contribution >= 4 is 30.8 Å². The molecule has 0 bridgehead atoms. The third-order valence-corrected chi connectivity index (χ3v) is 1.51. The van der Waals surface area contributed by atoms with Crippen molar-refractivity contribution in [3.05, 3.63) is 17.7 Å². The lowest BCUT2D eigenvalue weighted by atomic mass is 10.2. The number of nitrogens with zero attached hydrogens (tertiary/aromatic N) is 1. The topological polar surface area (TPSA) is 92.0 Å². The maximum atomic E-state index is 10.4. The number of nitrogens with two attached hydrogens (primary N) is 1. The number of aromatic nitrogens is 2. The molecule has 0 aromatic carbocycles. The Balaban J connectivity index is 0. The number of H-pyrrole nitrogens is 1. The molecule has 0 fully saturated rings. The number of nitrogens with one attached hydrogen (secondary N) is 1. The normalized spacial score (nSPS) is 11.0. The minimum atomic E-state index is -0.998. The minimum absolute atomic E-state index is 0. The summed E-state index contributed by atoms with van der Waals surface area (Å²) in [6.45, 7) is 1.80. The fourth-order valence-electron chi connectivity index (χ4n) is 0.900. The number of imidazole rings is 1. The summed E-state index contributed by atoms with van der Waals surface area (Å²) in [4.78, 5) is 17.2. The molecule has 0 aliphatic carbocycles. The first kappa shape index (κ1) is 15.7. The van der Waals surface area contributed by atoms with Crippen LogP contribution in [0.25, 0.3) is 0 Å². The Morgan fingerprint density at radius 3 is 2.64 bits per heavy atom. The highest BCUT2D eigenvalue weighted by Gasteiger charge is 2.12. The van der Waals surface area contributed by atoms with Crippen molar-refractivity contribution in [2.24, 2.45) is 5.73 Å². The van der Waals surface area contributed by atoms with E-state index < -0.39 is 12.0 Å². The van der Waals surface area contributed by atoms with Crippen molar-refractivity contribution in [1.82, 2.24) is 9.97 Å². The average Bonchev–Trinajstić information content (AvgIpc) is 2.35. The van der Waals surface area contributed by atoms with Crippen molar-refractivity contribution in [2.45, 2.75) is 19.4 Å². The van der Waals surface area contributed by atoms with Crippen LogP contribution in [0.1, 0.15) is 11.5 Å². The first-order chi connectivity index (χ1) is 5.59. The van der Waals surface area contributed by atoms with Gasteiger partial charge in [0.1, 0.15) is 11.9 Å². The van der Waals surface area contributed by atoms with E-state index in [1.807, 2.05) is 0 Å². The molecule has 0 aliphatic rings. The number of rotatable bonds is 3. The van der Waals surface area contributed by atoms with Crippen molar-refractivity contribution in [2.75, 3.05) is 0 Å². The summed E-state index contributed by atoms with van der Waals surface area (Å²) in [6.07, 6.45) is 1.88. The lowest BCUT2D eigenvalue weighted by Crippen LogP contribution is -2.32. The van der Waals surface area contributed by atoms with Crippen molar-refractivity contribution < 1.29 is 9.90 Å². The molecule has 1 rings (SSSR count). The first-order valence-corrected chi connectivity index (χ1v) is 3.58. The zero-order valence-corrected chi connectivity index (χ0v) is 9.19. The predicted octanol–water partition coefficient (Wildman–Crippen LogP) is 0.516. The van der Waals surface area contributed by atoms with Gasteiger partial charge in [0.25, 0.3) is 0 Å². The van der Waals surface area contributed by atoms with Gasteiger partial charge < -0.3 is 15.8 Å². The lowest BCUT2D eigenvalue weighted by Gasteiger charge is -2.02. The second-order valence-electron chi connectivity index (χ2n) is 2.64. The molecule has 1 aromatic rings. The van der Waals surface area contributed by atoms with Gasteiger partial charge in [-0.25, -0.2) is 4.98 Å². The smallest absolute Gasteiger partial charge is 0.320 e. The maximum absolute atomic E-state index is 10.4. The van der Waals surface area contributed by atoms with Crippen LogP contribution in [0.2, 0.25) is 0 Å². The largest absolute Gasteiger partial charge is 0.480 e. The molecule has 0 saturated carbocycles. The number of hydrogen-bond acceptors (Lipinski definition) is 3. The second-order valence-corrected chi connectivity index (χ2v) is 2.64. The summed E-state index contributed by atoms with van der Waals surface area (Å²) in [5.74, 6) is -0.232. The van der Waals surface area contributed by atoms with Gasteiger partial charge in [-0.15, -0.1) is 24.8 Å². The van der Waals surface area contributed by atoms with Crippen LogP contribution < -0.4 is 5.73 Å². The van der Waals surface area contributed by atoms with Gasteiger partial charge >= 0.3 is 5.97 Å². The summed E-state index contributed by atoms with van der Waals surface area (Å²) >= 11 is 0. The number of carboxylic acid groups (broad SMARTS) is 1. The van der Waals surface area contributed by atoms with Gasteiger partial charge in [-0.2, -0.15) is 0 Å². The van der Waals surface area contributed by atoms with Gasteiger partial charge in [-0.05, 0) is 6.92 Å². The maximum Gasteiger partial charge on any atom is 0.320 e. The predicted molar refractivity (Wildman–Crippen MR) is 57.1 cm³/mol. The highest BCUT2D eigenvalue weighted by molar-refractivity contribution is 5.85. The monoisotopic (exact) mass is 241 g/mol. The number of carboxylic acids is 1. The molecule has 14 heavy (non-hydrogen) atoms. The van der Waals surface area contributed by atoms with Crippen LogP contribution in [-0.4, -0.2) is 27.1 Å². The van der Waals surface area contributed by atoms with Gasteiger partial charge in [0, 0.05) is 18.3 Å². The third-order valence-electron chi connectivity index (χ3n) is 1.51. The van der Waals surface area contributed by atoms with Gasteiger partial charge in [-0.3, -0.25) is 4.79 Å². The summed E-state index contributed by atoms with van der Waals surface area (Å²) in [6, 6.07) is -0.857. The second kappa shape index (κ2) is 6.64. The van der Waals surface area contributed by atoms with Crippen LogP contribution in [0.4, 0.5) is 0 Å². The third kappa shape index (κ3) is 4.45. The van der Waals surface area contributed by atoms with E-state index in [0.717, 1.165) is 11.5 Å². The number of halogens is 2. The average molecular weight is 242 g/mol. The molecule has 4 N–H and O–H groups in total. The highest BCUT2D eigenvalue weighted by atomic mass is 35.5. The van der Waals surface area contributed by atoms with E-state index in [4.69, 9.17) is 10.8 Å². The van der Waals surface area contributed by atoms with Crippen LogP contribution in [0, 0.1) is 6.92 Å². The summed E-state index contributed by atoms with van der Waals surface area (Å²) < 4.78 is 0. The number of aliphatic carboxylic acids is 1. The van der Waals surface area contributed by atoms with Gasteiger partial charge in [0.15, 0.2) is 0 Å². The van der Waals surface area contributed by atoms with E-state index in [-0.39, 0.29) is 31.2 Å². The Morgan fingerprint density at radius 1 is 1.71 bits per heavy atom. The first-order valence-electron chi connectivity index (χ1n) is 3.58. The molecule has 0 spiro atoms. The zero-order chi connectivity index (χ0) is 9.14. The molecule has 0 amide bonds. The fraction of sp³-hybridized carbons (Fsp3) is 0.429. The van der Waals surface area contributed by atoms with Gasteiger partial charge in [-0.1, -0.05) is 0 Å². The van der Waals surface area contributed by atoms with Gasteiger partial charge in [0.2, 0.25) is 0 Å². The zero-order valence-electron chi connectivity index (χ0n) is 7.56. The molecule has 0 saturated heterocycles. The fourth-order valence-corrected chi connectivity index (χ4v) is 0.900. The Kier molecular flexibility index (Phi) is 7.44. The van der Waals surface area contributed by atoms with Crippen LogP contribution in [0.5, 0.6) is 0 Å². The van der Waals surface area contributed by atoms with Crippen LogP contribution in [-0.2, 0) is 11.2 Å². The highest BCUT2D eigenvalue weighted by Crippen LogP contribution is 1.98. The standard InChI is InChI=1S/C7H11N3O2.2ClH/c1-4-9-3-5(10-4)2-6(8)7(11)12;;/h3,6H,2,8H2,1H3,(H,9,10)(H,11,12);2*1H. The van der Waals surface area contributed by atoms with Crippen LogP contribution in [0.15, 0.2) is 6.20 Å².